The summed E-state index contributed by atoms with van der Waals surface area (Å²) in [5, 5.41) is -0.772. The molecule has 1 saturated heterocycles. The molecular formula is C17H13F3N2O3S. The molecule has 1 fully saturated rings. The number of ether oxygens (including phenoxy) is 1. The van der Waals surface area contributed by atoms with Crippen molar-refractivity contribution in [3.05, 3.63) is 48.5 Å². The Balaban J connectivity index is 1.87. The molecule has 3 rings (SSSR count). The number of hydrogen-bond acceptors (Lipinski definition) is 5. The molecule has 2 amide bonds. The van der Waals surface area contributed by atoms with E-state index in [-0.39, 0.29) is 12.1 Å². The Morgan fingerprint density at radius 1 is 1.08 bits per heavy atom. The number of para-hydroxylation sites is 3. The van der Waals surface area contributed by atoms with Crippen molar-refractivity contribution in [1.29, 1.82) is 0 Å². The first-order chi connectivity index (χ1) is 12.3. The molecule has 1 heterocycles. The van der Waals surface area contributed by atoms with Crippen LogP contribution in [0.25, 0.3) is 0 Å². The Labute approximate surface area is 150 Å². The van der Waals surface area contributed by atoms with Gasteiger partial charge in [-0.1, -0.05) is 24.3 Å². The van der Waals surface area contributed by atoms with Gasteiger partial charge in [0.15, 0.2) is 5.75 Å². The SMILES string of the molecule is Nc1ccccc1S[C@@H]1CC(=O)N(c2ccccc2OC(F)(F)F)C1=O. The lowest BCUT2D eigenvalue weighted by atomic mass is 10.2. The van der Waals surface area contributed by atoms with Crippen molar-refractivity contribution in [2.24, 2.45) is 0 Å². The van der Waals surface area contributed by atoms with E-state index < -0.39 is 29.2 Å². The molecule has 2 N–H and O–H groups in total. The lowest BCUT2D eigenvalue weighted by Gasteiger charge is -2.19. The Bertz CT molecular complexity index is 857. The maximum atomic E-state index is 12.7. The van der Waals surface area contributed by atoms with E-state index in [2.05, 4.69) is 4.74 Å². The molecule has 1 aliphatic rings. The standard InChI is InChI=1S/C17H13F3N2O3S/c18-17(19,20)25-12-7-3-2-6-11(12)22-15(23)9-14(16(22)24)26-13-8-4-1-5-10(13)21/h1-8,14H,9,21H2/t14-/m1/s1. The largest absolute Gasteiger partial charge is 0.573 e. The number of anilines is 2. The van der Waals surface area contributed by atoms with Crippen LogP contribution in [0.4, 0.5) is 24.5 Å². The fourth-order valence-electron chi connectivity index (χ4n) is 2.54. The highest BCUT2D eigenvalue weighted by Gasteiger charge is 2.42. The third-order valence-corrected chi connectivity index (χ3v) is 4.90. The minimum absolute atomic E-state index is 0.141. The third kappa shape index (κ3) is 3.77. The van der Waals surface area contributed by atoms with E-state index in [1.807, 2.05) is 0 Å². The lowest BCUT2D eigenvalue weighted by Crippen LogP contribution is -2.32. The van der Waals surface area contributed by atoms with Gasteiger partial charge in [-0.05, 0) is 24.3 Å². The zero-order valence-corrected chi connectivity index (χ0v) is 14.0. The molecule has 0 aliphatic carbocycles. The van der Waals surface area contributed by atoms with E-state index in [0.717, 1.165) is 22.7 Å². The summed E-state index contributed by atoms with van der Waals surface area (Å²) in [5.41, 5.74) is 6.07. The molecule has 2 aromatic rings. The molecule has 2 aromatic carbocycles. The molecule has 0 unspecified atom stereocenters. The van der Waals surface area contributed by atoms with Crippen molar-refractivity contribution in [2.75, 3.05) is 10.6 Å². The summed E-state index contributed by atoms with van der Waals surface area (Å²) in [6.07, 6.45) is -5.08. The molecule has 0 bridgehead atoms. The van der Waals surface area contributed by atoms with Gasteiger partial charge in [0, 0.05) is 17.0 Å². The van der Waals surface area contributed by atoms with Crippen LogP contribution in [0.5, 0.6) is 5.75 Å². The van der Waals surface area contributed by atoms with Crippen molar-refractivity contribution in [2.45, 2.75) is 22.9 Å². The highest BCUT2D eigenvalue weighted by atomic mass is 32.2. The summed E-state index contributed by atoms with van der Waals surface area (Å²) in [5.74, 6) is -1.81. The number of nitrogen functional groups attached to an aromatic ring is 1. The van der Waals surface area contributed by atoms with Crippen molar-refractivity contribution >= 4 is 35.0 Å². The first kappa shape index (κ1) is 18.1. The third-order valence-electron chi connectivity index (χ3n) is 3.63. The highest BCUT2D eigenvalue weighted by molar-refractivity contribution is 8.00. The van der Waals surface area contributed by atoms with Crippen LogP contribution >= 0.6 is 11.8 Å². The maximum Gasteiger partial charge on any atom is 0.573 e. The first-order valence-corrected chi connectivity index (χ1v) is 8.37. The number of imide groups is 1. The number of hydrogen-bond donors (Lipinski definition) is 1. The van der Waals surface area contributed by atoms with Crippen molar-refractivity contribution in [1.82, 2.24) is 0 Å². The van der Waals surface area contributed by atoms with Crippen molar-refractivity contribution in [3.8, 4) is 5.75 Å². The molecule has 1 aliphatic heterocycles. The number of alkyl halides is 3. The second kappa shape index (κ2) is 6.91. The number of amides is 2. The van der Waals surface area contributed by atoms with Crippen LogP contribution in [0.1, 0.15) is 6.42 Å². The molecule has 0 spiro atoms. The predicted octanol–water partition coefficient (Wildman–Crippen LogP) is 3.59. The van der Waals surface area contributed by atoms with E-state index in [0.29, 0.717) is 10.6 Å². The summed E-state index contributed by atoms with van der Waals surface area (Å²) in [6, 6.07) is 11.9. The Kier molecular flexibility index (Phi) is 4.82. The molecule has 5 nitrogen and oxygen atoms in total. The van der Waals surface area contributed by atoms with Crippen molar-refractivity contribution in [3.63, 3.8) is 0 Å². The number of rotatable bonds is 4. The predicted molar refractivity (Wildman–Crippen MR) is 90.7 cm³/mol. The van der Waals surface area contributed by atoms with Crippen LogP contribution in [-0.4, -0.2) is 23.4 Å². The number of nitrogens with two attached hydrogens (primary N) is 1. The molecule has 0 radical (unpaired) electrons. The van der Waals surface area contributed by atoms with Gasteiger partial charge in [-0.2, -0.15) is 0 Å². The summed E-state index contributed by atoms with van der Waals surface area (Å²) in [4.78, 5) is 26.3. The fraction of sp³-hybridized carbons (Fsp3) is 0.176. The summed E-state index contributed by atoms with van der Waals surface area (Å²) < 4.78 is 41.7. The second-order valence-corrected chi connectivity index (χ2v) is 6.68. The first-order valence-electron chi connectivity index (χ1n) is 7.49. The zero-order chi connectivity index (χ0) is 18.9. The zero-order valence-electron chi connectivity index (χ0n) is 13.2. The van der Waals surface area contributed by atoms with Crippen LogP contribution in [-0.2, 0) is 9.59 Å². The van der Waals surface area contributed by atoms with Crippen LogP contribution in [0.15, 0.2) is 53.4 Å². The molecule has 9 heteroatoms. The highest BCUT2D eigenvalue weighted by Crippen LogP contribution is 2.40. The van der Waals surface area contributed by atoms with Gasteiger partial charge in [-0.15, -0.1) is 24.9 Å². The molecule has 1 atom stereocenters. The van der Waals surface area contributed by atoms with Gasteiger partial charge in [0.2, 0.25) is 11.8 Å². The average Bonchev–Trinajstić information content (AvgIpc) is 2.83. The smallest absolute Gasteiger partial charge is 0.404 e. The van der Waals surface area contributed by atoms with E-state index >= 15 is 0 Å². The van der Waals surface area contributed by atoms with Gasteiger partial charge >= 0.3 is 6.36 Å². The molecular weight excluding hydrogens is 369 g/mol. The monoisotopic (exact) mass is 382 g/mol. The number of benzene rings is 2. The number of nitrogens with zero attached hydrogens (tertiary/aromatic N) is 1. The van der Waals surface area contributed by atoms with Crippen LogP contribution < -0.4 is 15.4 Å². The topological polar surface area (TPSA) is 72.6 Å². The summed E-state index contributed by atoms with van der Waals surface area (Å²) >= 11 is 1.11. The van der Waals surface area contributed by atoms with Crippen molar-refractivity contribution < 1.29 is 27.5 Å². The van der Waals surface area contributed by atoms with E-state index in [1.54, 1.807) is 24.3 Å². The Hall–Kier alpha value is -2.68. The van der Waals surface area contributed by atoms with Gasteiger partial charge in [0.05, 0.1) is 10.9 Å². The summed E-state index contributed by atoms with van der Waals surface area (Å²) in [6.45, 7) is 0. The van der Waals surface area contributed by atoms with Gasteiger partial charge in [-0.3, -0.25) is 9.59 Å². The normalized spacial score (nSPS) is 17.7. The quantitative estimate of drug-likeness (QED) is 0.646. The molecule has 0 saturated carbocycles. The number of halogens is 3. The second-order valence-electron chi connectivity index (χ2n) is 5.43. The van der Waals surface area contributed by atoms with E-state index in [4.69, 9.17) is 5.73 Å². The van der Waals surface area contributed by atoms with Gasteiger partial charge < -0.3 is 10.5 Å². The minimum atomic E-state index is -4.94. The van der Waals surface area contributed by atoms with Gasteiger partial charge in [-0.25, -0.2) is 4.90 Å². The van der Waals surface area contributed by atoms with Gasteiger partial charge in [0.1, 0.15) is 0 Å². The Morgan fingerprint density at radius 3 is 2.42 bits per heavy atom. The number of carbonyl (C=O) groups is 2. The molecule has 136 valence electrons. The maximum absolute atomic E-state index is 12.7. The number of carbonyl (C=O) groups excluding carboxylic acids is 2. The minimum Gasteiger partial charge on any atom is -0.404 e. The number of thioether (sulfide) groups is 1. The molecule has 0 aromatic heterocycles. The molecule has 26 heavy (non-hydrogen) atoms. The van der Waals surface area contributed by atoms with E-state index in [9.17, 15) is 22.8 Å². The average molecular weight is 382 g/mol. The van der Waals surface area contributed by atoms with Crippen LogP contribution in [0.2, 0.25) is 0 Å². The lowest BCUT2D eigenvalue weighted by molar-refractivity contribution is -0.274. The van der Waals surface area contributed by atoms with Crippen LogP contribution in [0, 0.1) is 0 Å². The fourth-order valence-corrected chi connectivity index (χ4v) is 3.64. The van der Waals surface area contributed by atoms with Gasteiger partial charge in [0.25, 0.3) is 0 Å². The van der Waals surface area contributed by atoms with Crippen LogP contribution in [0.3, 0.4) is 0 Å². The Morgan fingerprint density at radius 2 is 1.73 bits per heavy atom. The van der Waals surface area contributed by atoms with E-state index in [1.165, 1.54) is 18.2 Å². The summed E-state index contributed by atoms with van der Waals surface area (Å²) in [7, 11) is 0.